The molecule has 280 valence electrons. The number of nitrogens with zero attached hydrogens (tertiary/aromatic N) is 2. The number of para-hydroxylation sites is 3. The first-order valence-electron chi connectivity index (χ1n) is 20.7. The summed E-state index contributed by atoms with van der Waals surface area (Å²) >= 11 is 0. The molecule has 0 atom stereocenters. The van der Waals surface area contributed by atoms with Gasteiger partial charge in [0.1, 0.15) is 11.2 Å². The minimum atomic E-state index is 0.871. The Morgan fingerprint density at radius 2 is 0.950 bits per heavy atom. The van der Waals surface area contributed by atoms with Crippen molar-refractivity contribution in [2.24, 2.45) is 0 Å². The fourth-order valence-corrected chi connectivity index (χ4v) is 9.79. The molecule has 1 aliphatic rings. The van der Waals surface area contributed by atoms with Crippen LogP contribution < -0.4 is 4.90 Å². The van der Waals surface area contributed by atoms with E-state index in [0.29, 0.717) is 0 Å². The Balaban J connectivity index is 0.947. The van der Waals surface area contributed by atoms with Crippen molar-refractivity contribution in [3.05, 3.63) is 206 Å². The number of anilines is 3. The number of benzene rings is 10. The minimum absolute atomic E-state index is 0.871. The first-order chi connectivity index (χ1) is 29.6. The second-order valence-corrected chi connectivity index (χ2v) is 16.2. The van der Waals surface area contributed by atoms with Gasteiger partial charge in [-0.1, -0.05) is 115 Å². The summed E-state index contributed by atoms with van der Waals surface area (Å²) in [7, 11) is 0. The zero-order valence-electron chi connectivity index (χ0n) is 32.9. The molecule has 2 heterocycles. The quantitative estimate of drug-likeness (QED) is 0.174. The highest BCUT2D eigenvalue weighted by molar-refractivity contribution is 6.14. The Hall–Kier alpha value is -7.88. The summed E-state index contributed by atoms with van der Waals surface area (Å²) in [6, 6.07) is 73.2. The lowest BCUT2D eigenvalue weighted by molar-refractivity contribution is 0.669. The number of rotatable bonds is 5. The molecule has 0 aliphatic heterocycles. The summed E-state index contributed by atoms with van der Waals surface area (Å²) in [6.45, 7) is 2.14. The predicted octanol–water partition coefficient (Wildman–Crippen LogP) is 16.1. The number of aryl methyl sites for hydroxylation is 1. The highest BCUT2D eigenvalue weighted by atomic mass is 16.3. The van der Waals surface area contributed by atoms with Gasteiger partial charge in [-0.2, -0.15) is 0 Å². The topological polar surface area (TPSA) is 21.3 Å². The first kappa shape index (κ1) is 33.1. The Morgan fingerprint density at radius 3 is 1.65 bits per heavy atom. The standard InChI is InChI=1S/C57H36N2O/c1-35-19-23-41(24-20-35)58(55-34-57-52(46-15-7-10-18-56(46)60-57)33-47(55)36-11-3-2-4-12-36)42-25-21-37-29-48-50(31-39(37)27-42)49-30-38-22-26-43(28-40(38)32-51(48)49)59-53-16-8-5-13-44(53)45-14-6-9-17-54(45)59/h2-34H,1H3. The van der Waals surface area contributed by atoms with Gasteiger partial charge in [0, 0.05) is 50.2 Å². The summed E-state index contributed by atoms with van der Waals surface area (Å²) in [4.78, 5) is 2.39. The van der Waals surface area contributed by atoms with Gasteiger partial charge in [-0.3, -0.25) is 0 Å². The molecule has 3 nitrogen and oxygen atoms in total. The molecule has 0 fully saturated rings. The Morgan fingerprint density at radius 1 is 0.383 bits per heavy atom. The van der Waals surface area contributed by atoms with E-state index in [9.17, 15) is 0 Å². The van der Waals surface area contributed by atoms with Crippen LogP contribution in [0.15, 0.2) is 205 Å². The van der Waals surface area contributed by atoms with Crippen molar-refractivity contribution in [3.8, 4) is 39.1 Å². The average Bonchev–Trinajstić information content (AvgIpc) is 3.84. The molecule has 10 aromatic carbocycles. The van der Waals surface area contributed by atoms with E-state index in [-0.39, 0.29) is 0 Å². The average molecular weight is 765 g/mol. The fraction of sp³-hybridized carbons (Fsp3) is 0.0175. The molecule has 13 rings (SSSR count). The molecule has 0 saturated carbocycles. The van der Waals surface area contributed by atoms with Crippen LogP contribution >= 0.6 is 0 Å². The Bertz CT molecular complexity index is 3670. The highest BCUT2D eigenvalue weighted by Gasteiger charge is 2.26. The smallest absolute Gasteiger partial charge is 0.137 e. The van der Waals surface area contributed by atoms with Crippen molar-refractivity contribution in [1.29, 1.82) is 0 Å². The first-order valence-corrected chi connectivity index (χ1v) is 20.7. The molecular weight excluding hydrogens is 729 g/mol. The third-order valence-corrected chi connectivity index (χ3v) is 12.7. The molecule has 2 aromatic heterocycles. The maximum Gasteiger partial charge on any atom is 0.137 e. The summed E-state index contributed by atoms with van der Waals surface area (Å²) in [5.41, 5.74) is 17.4. The van der Waals surface area contributed by atoms with E-state index in [2.05, 4.69) is 211 Å². The van der Waals surface area contributed by atoms with Crippen LogP contribution in [-0.4, -0.2) is 4.57 Å². The lowest BCUT2D eigenvalue weighted by atomic mass is 9.78. The van der Waals surface area contributed by atoms with Gasteiger partial charge in [0.25, 0.3) is 0 Å². The van der Waals surface area contributed by atoms with Crippen LogP contribution in [0, 0.1) is 6.92 Å². The summed E-state index contributed by atoms with van der Waals surface area (Å²) in [5, 5.41) is 9.73. The van der Waals surface area contributed by atoms with Gasteiger partial charge in [-0.15, -0.1) is 0 Å². The molecule has 0 N–H and O–H groups in total. The second kappa shape index (κ2) is 12.6. The molecule has 0 amide bonds. The van der Waals surface area contributed by atoms with E-state index < -0.39 is 0 Å². The van der Waals surface area contributed by atoms with Crippen molar-refractivity contribution < 1.29 is 4.42 Å². The Kier molecular flexibility index (Phi) is 6.93. The summed E-state index contributed by atoms with van der Waals surface area (Å²) in [6.07, 6.45) is 0. The van der Waals surface area contributed by atoms with Crippen LogP contribution in [0.25, 0.3) is 104 Å². The number of aromatic nitrogens is 1. The summed E-state index contributed by atoms with van der Waals surface area (Å²) < 4.78 is 8.93. The molecule has 0 radical (unpaired) electrons. The lowest BCUT2D eigenvalue weighted by Crippen LogP contribution is -2.11. The molecule has 60 heavy (non-hydrogen) atoms. The van der Waals surface area contributed by atoms with E-state index in [4.69, 9.17) is 4.42 Å². The van der Waals surface area contributed by atoms with Crippen molar-refractivity contribution >= 4 is 82.4 Å². The van der Waals surface area contributed by atoms with E-state index in [1.807, 2.05) is 6.07 Å². The maximum absolute atomic E-state index is 6.53. The van der Waals surface area contributed by atoms with Gasteiger partial charge >= 0.3 is 0 Å². The molecule has 0 unspecified atom stereocenters. The Labute approximate surface area is 346 Å². The number of hydrogen-bond donors (Lipinski definition) is 0. The van der Waals surface area contributed by atoms with E-state index in [1.54, 1.807) is 0 Å². The second-order valence-electron chi connectivity index (χ2n) is 16.2. The maximum atomic E-state index is 6.53. The molecule has 1 aliphatic carbocycles. The van der Waals surface area contributed by atoms with Crippen molar-refractivity contribution in [3.63, 3.8) is 0 Å². The molecule has 0 spiro atoms. The molecule has 0 saturated heterocycles. The predicted molar refractivity (Wildman–Crippen MR) is 252 cm³/mol. The van der Waals surface area contributed by atoms with Crippen LogP contribution in [0.2, 0.25) is 0 Å². The van der Waals surface area contributed by atoms with Gasteiger partial charge in [-0.25, -0.2) is 0 Å². The normalized spacial score (nSPS) is 12.1. The molecular formula is C57H36N2O. The number of fused-ring (bicyclic) bond motifs is 12. The molecule has 12 aromatic rings. The van der Waals surface area contributed by atoms with Gasteiger partial charge in [0.05, 0.1) is 16.7 Å². The number of furan rings is 1. The van der Waals surface area contributed by atoms with Gasteiger partial charge in [-0.05, 0) is 141 Å². The summed E-state index contributed by atoms with van der Waals surface area (Å²) in [5.74, 6) is 0. The third kappa shape index (κ3) is 4.90. The van der Waals surface area contributed by atoms with Gasteiger partial charge in [0.15, 0.2) is 0 Å². The van der Waals surface area contributed by atoms with Crippen LogP contribution in [0.3, 0.4) is 0 Å². The van der Waals surface area contributed by atoms with Crippen molar-refractivity contribution in [2.75, 3.05) is 4.90 Å². The van der Waals surface area contributed by atoms with Crippen LogP contribution in [0.1, 0.15) is 5.56 Å². The van der Waals surface area contributed by atoms with E-state index >= 15 is 0 Å². The number of hydrogen-bond acceptors (Lipinski definition) is 2. The third-order valence-electron chi connectivity index (χ3n) is 12.7. The molecule has 0 bridgehead atoms. The van der Waals surface area contributed by atoms with Crippen molar-refractivity contribution in [1.82, 2.24) is 4.57 Å². The SMILES string of the molecule is Cc1ccc(N(c2ccc3cc4c(cc3c2)-c2cc3ccc(-n5c6ccccc6c6ccccc65)cc3cc2-4)c2cc3oc4ccccc4c3cc2-c2ccccc2)cc1. The van der Waals surface area contributed by atoms with Gasteiger partial charge < -0.3 is 13.9 Å². The largest absolute Gasteiger partial charge is 0.456 e. The minimum Gasteiger partial charge on any atom is -0.456 e. The van der Waals surface area contributed by atoms with Gasteiger partial charge in [0.2, 0.25) is 0 Å². The van der Waals surface area contributed by atoms with Crippen LogP contribution in [0.4, 0.5) is 17.1 Å². The highest BCUT2D eigenvalue weighted by Crippen LogP contribution is 2.52. The zero-order valence-corrected chi connectivity index (χ0v) is 32.9. The van der Waals surface area contributed by atoms with E-state index in [0.717, 1.165) is 50.1 Å². The lowest BCUT2D eigenvalue weighted by Gasteiger charge is -2.29. The monoisotopic (exact) mass is 764 g/mol. The van der Waals surface area contributed by atoms with Crippen LogP contribution in [-0.2, 0) is 0 Å². The molecule has 3 heteroatoms. The van der Waals surface area contributed by atoms with Crippen molar-refractivity contribution in [2.45, 2.75) is 6.92 Å². The fourth-order valence-electron chi connectivity index (χ4n) is 9.79. The van der Waals surface area contributed by atoms with E-state index in [1.165, 1.54) is 76.9 Å². The van der Waals surface area contributed by atoms with Crippen LogP contribution in [0.5, 0.6) is 0 Å². The zero-order chi connectivity index (χ0) is 39.5.